The first kappa shape index (κ1) is 22.4. The molecule has 0 aliphatic carbocycles. The van der Waals surface area contributed by atoms with Crippen LogP contribution in [0.4, 0.5) is 5.82 Å². The predicted molar refractivity (Wildman–Crippen MR) is 113 cm³/mol. The minimum atomic E-state index is -1.07. The minimum absolute atomic E-state index is 0.000867. The molecule has 0 saturated carbocycles. The summed E-state index contributed by atoms with van der Waals surface area (Å²) in [6.45, 7) is 8.39. The van der Waals surface area contributed by atoms with E-state index < -0.39 is 12.5 Å². The summed E-state index contributed by atoms with van der Waals surface area (Å²) in [5.41, 5.74) is 1.40. The van der Waals surface area contributed by atoms with Crippen molar-refractivity contribution in [1.82, 2.24) is 25.4 Å². The number of carbonyl (C=O) groups is 2. The molecular weight excluding hydrogens is 424 g/mol. The summed E-state index contributed by atoms with van der Waals surface area (Å²) < 4.78 is 5.29. The van der Waals surface area contributed by atoms with Crippen LogP contribution in [0.15, 0.2) is 45.5 Å². The van der Waals surface area contributed by atoms with Gasteiger partial charge in [0.05, 0.1) is 0 Å². The highest BCUT2D eigenvalue weighted by molar-refractivity contribution is 6.35. The molecular formula is C20H23ClN6O4. The monoisotopic (exact) mass is 446 g/mol. The lowest BCUT2D eigenvalue weighted by molar-refractivity contribution is -0.138. The maximum absolute atomic E-state index is 12.9. The number of carboxylic acid groups (broad SMARTS) is 1. The number of tetrazole rings is 1. The van der Waals surface area contributed by atoms with Crippen LogP contribution in [0.5, 0.6) is 0 Å². The molecule has 0 radical (unpaired) electrons. The Kier molecular flexibility index (Phi) is 7.01. The first-order chi connectivity index (χ1) is 14.8. The van der Waals surface area contributed by atoms with Crippen LogP contribution in [0.1, 0.15) is 26.7 Å². The summed E-state index contributed by atoms with van der Waals surface area (Å²) in [7, 11) is 0. The van der Waals surface area contributed by atoms with E-state index in [0.29, 0.717) is 37.3 Å². The van der Waals surface area contributed by atoms with Crippen molar-refractivity contribution in [3.63, 3.8) is 0 Å². The summed E-state index contributed by atoms with van der Waals surface area (Å²) >= 11 is 6.08. The molecule has 164 valence electrons. The van der Waals surface area contributed by atoms with E-state index in [-0.39, 0.29) is 28.3 Å². The summed E-state index contributed by atoms with van der Waals surface area (Å²) in [6.07, 6.45) is 4.97. The highest BCUT2D eigenvalue weighted by Gasteiger charge is 2.29. The topological polar surface area (TPSA) is 127 Å². The molecule has 0 spiro atoms. The molecule has 2 aromatic heterocycles. The van der Waals surface area contributed by atoms with E-state index in [1.807, 2.05) is 24.8 Å². The molecule has 0 atom stereocenters. The quantitative estimate of drug-likeness (QED) is 0.480. The van der Waals surface area contributed by atoms with Crippen molar-refractivity contribution < 1.29 is 19.2 Å². The second-order valence-corrected chi connectivity index (χ2v) is 7.66. The van der Waals surface area contributed by atoms with Gasteiger partial charge in [-0.1, -0.05) is 35.0 Å². The van der Waals surface area contributed by atoms with Gasteiger partial charge in [-0.05, 0) is 38.0 Å². The van der Waals surface area contributed by atoms with Gasteiger partial charge in [-0.25, -0.2) is 0 Å². The maximum atomic E-state index is 12.9. The van der Waals surface area contributed by atoms with Crippen LogP contribution in [0.3, 0.4) is 0 Å². The van der Waals surface area contributed by atoms with Crippen LogP contribution in [-0.4, -0.2) is 55.3 Å². The smallest absolute Gasteiger partial charge is 0.327 e. The van der Waals surface area contributed by atoms with E-state index in [0.717, 1.165) is 10.4 Å². The van der Waals surface area contributed by atoms with Crippen LogP contribution in [-0.2, 0) is 16.1 Å². The van der Waals surface area contributed by atoms with Crippen molar-refractivity contribution in [2.24, 2.45) is 5.92 Å². The number of carbonyl (C=O) groups excluding carboxylic acids is 1. The van der Waals surface area contributed by atoms with Crippen molar-refractivity contribution in [1.29, 1.82) is 0 Å². The molecule has 1 aliphatic heterocycles. The molecule has 1 saturated heterocycles. The number of nitrogens with zero attached hydrogens (tertiary/aromatic N) is 6. The van der Waals surface area contributed by atoms with Crippen LogP contribution in [0, 0.1) is 5.92 Å². The number of rotatable bonds is 8. The Bertz CT molecular complexity index is 1050. The van der Waals surface area contributed by atoms with Gasteiger partial charge in [-0.3, -0.25) is 9.59 Å². The number of aliphatic carboxylic acids is 1. The summed E-state index contributed by atoms with van der Waals surface area (Å²) in [6, 6.07) is 1.67. The van der Waals surface area contributed by atoms with Crippen LogP contribution < -0.4 is 4.90 Å². The second kappa shape index (κ2) is 9.69. The number of hydrogen-bond donors (Lipinski definition) is 1. The lowest BCUT2D eigenvalue weighted by Gasteiger charge is -2.31. The average Bonchev–Trinajstić information content (AvgIpc) is 3.40. The van der Waals surface area contributed by atoms with Crippen molar-refractivity contribution in [2.45, 2.75) is 33.2 Å². The number of halogens is 1. The summed E-state index contributed by atoms with van der Waals surface area (Å²) in [5.74, 6) is -0.184. The highest BCUT2D eigenvalue weighted by Crippen LogP contribution is 2.29. The van der Waals surface area contributed by atoms with Crippen molar-refractivity contribution in [2.75, 3.05) is 18.0 Å². The molecule has 1 fully saturated rings. The van der Waals surface area contributed by atoms with E-state index in [1.54, 1.807) is 12.1 Å². The molecule has 0 aromatic carbocycles. The Morgan fingerprint density at radius 2 is 2.10 bits per heavy atom. The number of hydrogen-bond acceptors (Lipinski definition) is 8. The average molecular weight is 447 g/mol. The van der Waals surface area contributed by atoms with E-state index >= 15 is 0 Å². The highest BCUT2D eigenvalue weighted by atomic mass is 35.5. The fourth-order valence-corrected chi connectivity index (χ4v) is 3.38. The number of Topliss-reactive ketones (excluding diaryl/α,β-unsaturated/α-hetero) is 1. The number of ketones is 1. The van der Waals surface area contributed by atoms with Crippen molar-refractivity contribution in [3.8, 4) is 11.6 Å². The maximum Gasteiger partial charge on any atom is 0.327 e. The predicted octanol–water partition coefficient (Wildman–Crippen LogP) is 2.84. The van der Waals surface area contributed by atoms with Gasteiger partial charge in [-0.15, -0.1) is 10.2 Å². The molecule has 0 amide bonds. The second-order valence-electron chi connectivity index (χ2n) is 7.21. The zero-order valence-electron chi connectivity index (χ0n) is 17.3. The van der Waals surface area contributed by atoms with Crippen LogP contribution >= 0.6 is 11.6 Å². The summed E-state index contributed by atoms with van der Waals surface area (Å²) in [5, 5.41) is 24.5. The number of aromatic nitrogens is 5. The number of allylic oxidation sites excluding steroid dienone is 5. The minimum Gasteiger partial charge on any atom is -0.480 e. The first-order valence-corrected chi connectivity index (χ1v) is 10.1. The lowest BCUT2D eigenvalue weighted by Crippen LogP contribution is -2.37. The van der Waals surface area contributed by atoms with Gasteiger partial charge in [0.15, 0.2) is 18.1 Å². The third-order valence-electron chi connectivity index (χ3n) is 5.02. The largest absolute Gasteiger partial charge is 0.480 e. The van der Waals surface area contributed by atoms with Gasteiger partial charge in [0.25, 0.3) is 0 Å². The third kappa shape index (κ3) is 5.46. The van der Waals surface area contributed by atoms with Gasteiger partial charge in [0.1, 0.15) is 0 Å². The number of carboxylic acids is 1. The molecule has 3 rings (SSSR count). The molecule has 1 N–H and O–H groups in total. The van der Waals surface area contributed by atoms with Gasteiger partial charge in [0, 0.05) is 35.7 Å². The zero-order chi connectivity index (χ0) is 22.5. The first-order valence-electron chi connectivity index (χ1n) is 9.73. The van der Waals surface area contributed by atoms with Crippen molar-refractivity contribution in [3.05, 3.63) is 41.0 Å². The van der Waals surface area contributed by atoms with Gasteiger partial charge in [-0.2, -0.15) is 4.80 Å². The summed E-state index contributed by atoms with van der Waals surface area (Å²) in [4.78, 5) is 26.6. The number of anilines is 1. The van der Waals surface area contributed by atoms with E-state index in [9.17, 15) is 9.59 Å². The van der Waals surface area contributed by atoms with Crippen molar-refractivity contribution >= 4 is 29.2 Å². The normalized spacial score (nSPS) is 15.9. The van der Waals surface area contributed by atoms with E-state index in [2.05, 4.69) is 27.1 Å². The Morgan fingerprint density at radius 1 is 1.39 bits per heavy atom. The van der Waals surface area contributed by atoms with E-state index in [1.165, 1.54) is 0 Å². The molecule has 0 bridgehead atoms. The Balaban J connectivity index is 1.64. The fourth-order valence-electron chi connectivity index (χ4n) is 3.23. The third-order valence-corrected chi connectivity index (χ3v) is 5.23. The molecule has 2 aromatic rings. The molecule has 10 nitrogen and oxygen atoms in total. The van der Waals surface area contributed by atoms with Crippen LogP contribution in [0.25, 0.3) is 11.6 Å². The molecule has 3 heterocycles. The Hall–Kier alpha value is -3.27. The van der Waals surface area contributed by atoms with Crippen LogP contribution in [0.2, 0.25) is 0 Å². The molecule has 1 aliphatic rings. The molecule has 11 heteroatoms. The fraction of sp³-hybridized carbons (Fsp3) is 0.400. The Labute approximate surface area is 183 Å². The van der Waals surface area contributed by atoms with E-state index in [4.69, 9.17) is 21.2 Å². The lowest BCUT2D eigenvalue weighted by atomic mass is 9.88. The number of piperidine rings is 1. The SMILES string of the molecule is C=C(Cl)/C(=C\C(C)=C/C)C(=O)C1CCN(c2cc(-c3nnn(CC(=O)O)n3)on2)CC1. The van der Waals surface area contributed by atoms with Gasteiger partial charge >= 0.3 is 5.97 Å². The standard InChI is InChI=1S/C20H23ClN6O4/c1-4-12(2)9-15(13(3)21)19(30)14-5-7-26(8-6-14)17-10-16(31-24-17)20-22-25-27(23-20)11-18(28)29/h4,9-10,14H,3,5-8,11H2,1-2H3,(H,28,29)/b12-4-,15-9+. The van der Waals surface area contributed by atoms with Gasteiger partial charge in [0.2, 0.25) is 11.6 Å². The van der Waals surface area contributed by atoms with Gasteiger partial charge < -0.3 is 14.5 Å². The molecule has 31 heavy (non-hydrogen) atoms. The Morgan fingerprint density at radius 3 is 2.71 bits per heavy atom. The zero-order valence-corrected chi connectivity index (χ0v) is 18.0. The molecule has 0 unspecified atom stereocenters.